The van der Waals surface area contributed by atoms with E-state index in [1.54, 1.807) is 10.9 Å². The Hall–Kier alpha value is -3.13. The third-order valence-electron chi connectivity index (χ3n) is 5.87. The van der Waals surface area contributed by atoms with Crippen molar-refractivity contribution in [3.63, 3.8) is 0 Å². The third-order valence-corrected chi connectivity index (χ3v) is 5.87. The fraction of sp³-hybridized carbons (Fsp3) is 0.417. The molecule has 0 radical (unpaired) electrons. The first kappa shape index (κ1) is 22.1. The van der Waals surface area contributed by atoms with Crippen LogP contribution in [0.25, 0.3) is 11.3 Å². The van der Waals surface area contributed by atoms with Crippen molar-refractivity contribution in [2.45, 2.75) is 57.7 Å². The van der Waals surface area contributed by atoms with Crippen molar-refractivity contribution >= 4 is 5.91 Å². The molecule has 1 aliphatic rings. The molecule has 1 aliphatic carbocycles. The van der Waals surface area contributed by atoms with Crippen molar-refractivity contribution in [2.24, 2.45) is 5.92 Å². The van der Waals surface area contributed by atoms with Crippen molar-refractivity contribution in [3.8, 4) is 11.3 Å². The van der Waals surface area contributed by atoms with Crippen LogP contribution in [-0.2, 0) is 24.2 Å². The minimum atomic E-state index is -1.43. The van der Waals surface area contributed by atoms with Gasteiger partial charge >= 0.3 is 0 Å². The molecule has 2 heterocycles. The Labute approximate surface area is 186 Å². The van der Waals surface area contributed by atoms with E-state index in [4.69, 9.17) is 0 Å². The summed E-state index contributed by atoms with van der Waals surface area (Å²) in [5.74, 6) is -0.464. The van der Waals surface area contributed by atoms with E-state index in [0.29, 0.717) is 43.0 Å². The standard InChI is InChI=1S/C24H28FN5O2/c1-16(2)9-21(14-30-15-22(28-29-30)19-10-20(25)13-26-12-19)27-23(31)24(32)8-7-17-5-3-4-6-18(17)11-24/h3-6,10,12-13,15-16,21,32H,7-9,11,14H2,1-2H3,(H,27,31)/t21-,24?/m0/s1. The van der Waals surface area contributed by atoms with Crippen LogP contribution < -0.4 is 5.32 Å². The first-order valence-corrected chi connectivity index (χ1v) is 10.9. The van der Waals surface area contributed by atoms with Gasteiger partial charge < -0.3 is 10.4 Å². The number of carbonyl (C=O) groups excluding carboxylic acids is 1. The van der Waals surface area contributed by atoms with E-state index in [0.717, 1.165) is 18.2 Å². The summed E-state index contributed by atoms with van der Waals surface area (Å²) in [6.07, 6.45) is 6.46. The van der Waals surface area contributed by atoms with Crippen molar-refractivity contribution in [1.82, 2.24) is 25.3 Å². The van der Waals surface area contributed by atoms with Gasteiger partial charge in [-0.3, -0.25) is 9.78 Å². The van der Waals surface area contributed by atoms with Gasteiger partial charge in [-0.05, 0) is 42.4 Å². The molecule has 1 aromatic carbocycles. The SMILES string of the molecule is CC(C)C[C@@H](Cn1cc(-c2cncc(F)c2)nn1)NC(=O)C1(O)CCc2ccccc2C1. The van der Waals surface area contributed by atoms with E-state index >= 15 is 0 Å². The first-order chi connectivity index (χ1) is 15.3. The van der Waals surface area contributed by atoms with E-state index in [-0.39, 0.29) is 11.9 Å². The Morgan fingerprint density at radius 3 is 2.81 bits per heavy atom. The minimum absolute atomic E-state index is 0.233. The summed E-state index contributed by atoms with van der Waals surface area (Å²) < 4.78 is 15.1. The molecule has 1 amide bonds. The summed E-state index contributed by atoms with van der Waals surface area (Å²) in [5.41, 5.74) is 1.82. The maximum atomic E-state index is 13.5. The number of nitrogens with one attached hydrogen (secondary N) is 1. The highest BCUT2D eigenvalue weighted by atomic mass is 19.1. The summed E-state index contributed by atoms with van der Waals surface area (Å²) in [5, 5.41) is 22.4. The maximum Gasteiger partial charge on any atom is 0.252 e. The molecule has 2 atom stereocenters. The lowest BCUT2D eigenvalue weighted by Gasteiger charge is -2.34. The normalized spacial score (nSPS) is 18.9. The number of halogens is 1. The van der Waals surface area contributed by atoms with Gasteiger partial charge in [-0.1, -0.05) is 43.3 Å². The fourth-order valence-corrected chi connectivity index (χ4v) is 4.28. The van der Waals surface area contributed by atoms with E-state index < -0.39 is 11.4 Å². The van der Waals surface area contributed by atoms with E-state index in [9.17, 15) is 14.3 Å². The average molecular weight is 438 g/mol. The van der Waals surface area contributed by atoms with Crippen LogP contribution in [-0.4, -0.2) is 42.6 Å². The molecule has 0 saturated heterocycles. The van der Waals surface area contributed by atoms with Gasteiger partial charge in [0.25, 0.3) is 5.91 Å². The molecule has 8 heteroatoms. The molecule has 7 nitrogen and oxygen atoms in total. The van der Waals surface area contributed by atoms with E-state index in [2.05, 4.69) is 34.5 Å². The van der Waals surface area contributed by atoms with Crippen LogP contribution >= 0.6 is 0 Å². The van der Waals surface area contributed by atoms with Gasteiger partial charge in [0.2, 0.25) is 0 Å². The van der Waals surface area contributed by atoms with E-state index in [1.165, 1.54) is 17.8 Å². The van der Waals surface area contributed by atoms with Gasteiger partial charge in [-0.25, -0.2) is 9.07 Å². The van der Waals surface area contributed by atoms with Crippen LogP contribution in [0.2, 0.25) is 0 Å². The number of fused-ring (bicyclic) bond motifs is 1. The highest BCUT2D eigenvalue weighted by molar-refractivity contribution is 5.86. The van der Waals surface area contributed by atoms with Gasteiger partial charge in [0, 0.05) is 24.2 Å². The first-order valence-electron chi connectivity index (χ1n) is 10.9. The number of amides is 1. The maximum absolute atomic E-state index is 13.5. The molecule has 2 aromatic heterocycles. The zero-order valence-corrected chi connectivity index (χ0v) is 18.3. The number of pyridine rings is 1. The molecule has 0 fully saturated rings. The number of carbonyl (C=O) groups is 1. The lowest BCUT2D eigenvalue weighted by molar-refractivity contribution is -0.142. The molecule has 2 N–H and O–H groups in total. The van der Waals surface area contributed by atoms with Crippen molar-refractivity contribution in [2.75, 3.05) is 0 Å². The molecular weight excluding hydrogens is 409 g/mol. The second-order valence-corrected chi connectivity index (χ2v) is 8.99. The Morgan fingerprint density at radius 1 is 1.28 bits per heavy atom. The van der Waals surface area contributed by atoms with Gasteiger partial charge in [0.15, 0.2) is 0 Å². The third kappa shape index (κ3) is 5.02. The Balaban J connectivity index is 1.47. The molecule has 168 valence electrons. The molecule has 32 heavy (non-hydrogen) atoms. The van der Waals surface area contributed by atoms with Gasteiger partial charge in [-0.2, -0.15) is 0 Å². The number of aliphatic hydroxyl groups is 1. The summed E-state index contributed by atoms with van der Waals surface area (Å²) in [6, 6.07) is 9.05. The molecular formula is C24H28FN5O2. The van der Waals surface area contributed by atoms with E-state index in [1.807, 2.05) is 24.3 Å². The zero-order valence-electron chi connectivity index (χ0n) is 18.3. The number of rotatable bonds is 7. The Morgan fingerprint density at radius 2 is 2.06 bits per heavy atom. The van der Waals surface area contributed by atoms with Gasteiger partial charge in [0.05, 0.1) is 18.9 Å². The number of aryl methyl sites for hydroxylation is 1. The van der Waals surface area contributed by atoms with Crippen molar-refractivity contribution in [1.29, 1.82) is 0 Å². The molecule has 4 rings (SSSR count). The molecule has 1 unspecified atom stereocenters. The summed E-state index contributed by atoms with van der Waals surface area (Å²) in [7, 11) is 0. The van der Waals surface area contributed by atoms with Crippen molar-refractivity contribution < 1.29 is 14.3 Å². The molecule has 0 bridgehead atoms. The summed E-state index contributed by atoms with van der Waals surface area (Å²) >= 11 is 0. The van der Waals surface area contributed by atoms with Crippen LogP contribution in [0.3, 0.4) is 0 Å². The second-order valence-electron chi connectivity index (χ2n) is 8.99. The molecule has 0 aliphatic heterocycles. The zero-order chi connectivity index (χ0) is 22.7. The quantitative estimate of drug-likeness (QED) is 0.593. The summed E-state index contributed by atoms with van der Waals surface area (Å²) in [6.45, 7) is 4.55. The lowest BCUT2D eigenvalue weighted by Crippen LogP contribution is -2.54. The second kappa shape index (κ2) is 9.16. The minimum Gasteiger partial charge on any atom is -0.380 e. The number of aromatic nitrogens is 4. The predicted octanol–water partition coefficient (Wildman–Crippen LogP) is 2.93. The Bertz CT molecular complexity index is 1100. The van der Waals surface area contributed by atoms with Crippen LogP contribution in [0.1, 0.15) is 37.8 Å². The van der Waals surface area contributed by atoms with Crippen molar-refractivity contribution in [3.05, 3.63) is 65.9 Å². The fourth-order valence-electron chi connectivity index (χ4n) is 4.28. The molecule has 3 aromatic rings. The number of hydrogen-bond acceptors (Lipinski definition) is 5. The monoisotopic (exact) mass is 437 g/mol. The van der Waals surface area contributed by atoms with Crippen LogP contribution in [0.15, 0.2) is 48.9 Å². The number of benzene rings is 1. The van der Waals surface area contributed by atoms with Crippen LogP contribution in [0.4, 0.5) is 4.39 Å². The van der Waals surface area contributed by atoms with Gasteiger partial charge in [0.1, 0.15) is 17.1 Å². The highest BCUT2D eigenvalue weighted by Gasteiger charge is 2.40. The largest absolute Gasteiger partial charge is 0.380 e. The number of nitrogens with zero attached hydrogens (tertiary/aromatic N) is 4. The molecule has 0 saturated carbocycles. The molecule has 0 spiro atoms. The van der Waals surface area contributed by atoms with Crippen LogP contribution in [0, 0.1) is 11.7 Å². The summed E-state index contributed by atoms with van der Waals surface area (Å²) in [4.78, 5) is 17.0. The smallest absolute Gasteiger partial charge is 0.252 e. The Kier molecular flexibility index (Phi) is 6.32. The number of hydrogen-bond donors (Lipinski definition) is 2. The highest BCUT2D eigenvalue weighted by Crippen LogP contribution is 2.29. The topological polar surface area (TPSA) is 92.9 Å². The predicted molar refractivity (Wildman–Crippen MR) is 118 cm³/mol. The van der Waals surface area contributed by atoms with Gasteiger partial charge in [-0.15, -0.1) is 5.10 Å². The average Bonchev–Trinajstić information content (AvgIpc) is 3.21. The van der Waals surface area contributed by atoms with Crippen LogP contribution in [0.5, 0.6) is 0 Å². The lowest BCUT2D eigenvalue weighted by atomic mass is 9.79.